The molecule has 0 fully saturated rings. The summed E-state index contributed by atoms with van der Waals surface area (Å²) >= 11 is 0. The Morgan fingerprint density at radius 1 is 0.488 bits per heavy atom. The van der Waals surface area contributed by atoms with E-state index in [1.807, 2.05) is 18.2 Å². The van der Waals surface area contributed by atoms with E-state index in [1.54, 1.807) is 0 Å². The molecule has 0 radical (unpaired) electrons. The number of aryl methyl sites for hydroxylation is 2. The topological polar surface area (TPSA) is 57.2 Å². The second-order valence-corrected chi connectivity index (χ2v) is 14.2. The van der Waals surface area contributed by atoms with Crippen molar-refractivity contribution in [2.24, 2.45) is 0 Å². The number of hydrogen-bond donors (Lipinski definition) is 0. The minimum absolute atomic E-state index is 0. The number of unbranched alkanes of at least 4 members (excludes halogenated alkanes) is 22. The smallest absolute Gasteiger partial charge is 0.744 e. The zero-order valence-electron chi connectivity index (χ0n) is 28.4. The summed E-state index contributed by atoms with van der Waals surface area (Å²) in [5.74, 6) is 0. The first kappa shape index (κ1) is 41.3. The Bertz CT molecular complexity index is 1070. The van der Waals surface area contributed by atoms with Gasteiger partial charge in [0.15, 0.2) is 0 Å². The van der Waals surface area contributed by atoms with E-state index >= 15 is 0 Å². The van der Waals surface area contributed by atoms with E-state index in [9.17, 15) is 13.0 Å². The molecule has 43 heavy (non-hydrogen) atoms. The van der Waals surface area contributed by atoms with Crippen molar-refractivity contribution in [3.63, 3.8) is 0 Å². The minimum atomic E-state index is -4.50. The minimum Gasteiger partial charge on any atom is -0.744 e. The summed E-state index contributed by atoms with van der Waals surface area (Å²) in [6, 6.07) is 9.49. The summed E-state index contributed by atoms with van der Waals surface area (Å²) in [6.07, 6.45) is 33.9. The molecule has 0 aliphatic rings. The van der Waals surface area contributed by atoms with Crippen molar-refractivity contribution in [1.82, 2.24) is 0 Å². The maximum Gasteiger partial charge on any atom is 1.00 e. The average Bonchev–Trinajstić information content (AvgIpc) is 2.97. The first-order valence-electron chi connectivity index (χ1n) is 18.0. The van der Waals surface area contributed by atoms with Crippen LogP contribution >= 0.6 is 0 Å². The standard InChI is InChI=1S/C38H64O3S.K/c1-3-5-7-9-11-13-15-17-19-21-23-25-27-34-29-31-36-37(33-34)35(30-32-38(36)42(39,40)41)28-26-24-22-20-18-16-14-12-10-8-6-4-2;/h29-33H,3-28H2,1-2H3,(H,39,40,41);/q;+1/p-1. The zero-order chi connectivity index (χ0) is 30.3. The molecule has 0 amide bonds. The van der Waals surface area contributed by atoms with Gasteiger partial charge in [-0.1, -0.05) is 179 Å². The summed E-state index contributed by atoms with van der Waals surface area (Å²) in [6.45, 7) is 4.54. The predicted octanol–water partition coefficient (Wildman–Crippen LogP) is 9.24. The molecule has 0 aliphatic carbocycles. The van der Waals surface area contributed by atoms with Gasteiger partial charge in [-0.2, -0.15) is 0 Å². The van der Waals surface area contributed by atoms with Crippen LogP contribution in [-0.2, 0) is 23.0 Å². The molecule has 2 aromatic rings. The van der Waals surface area contributed by atoms with Crippen LogP contribution in [0.3, 0.4) is 0 Å². The molecule has 0 N–H and O–H groups in total. The van der Waals surface area contributed by atoms with Gasteiger partial charge in [-0.15, -0.1) is 0 Å². The van der Waals surface area contributed by atoms with Gasteiger partial charge in [0.25, 0.3) is 0 Å². The molecule has 240 valence electrons. The number of hydrogen-bond acceptors (Lipinski definition) is 3. The number of fused-ring (bicyclic) bond motifs is 1. The Labute approximate surface area is 309 Å². The van der Waals surface area contributed by atoms with Gasteiger partial charge in [0.1, 0.15) is 10.1 Å². The molecule has 0 atom stereocenters. The summed E-state index contributed by atoms with van der Waals surface area (Å²) in [7, 11) is -4.50. The normalized spacial score (nSPS) is 11.7. The van der Waals surface area contributed by atoms with Crippen molar-refractivity contribution in [2.75, 3.05) is 0 Å². The van der Waals surface area contributed by atoms with Crippen LogP contribution in [0, 0.1) is 0 Å². The molecule has 2 aromatic carbocycles. The van der Waals surface area contributed by atoms with E-state index in [4.69, 9.17) is 0 Å². The van der Waals surface area contributed by atoms with Gasteiger partial charge in [0.05, 0.1) is 4.90 Å². The zero-order valence-corrected chi connectivity index (χ0v) is 32.3. The average molecular weight is 639 g/mol. The van der Waals surface area contributed by atoms with Crippen LogP contribution in [0.15, 0.2) is 35.2 Å². The van der Waals surface area contributed by atoms with Crippen LogP contribution in [0.5, 0.6) is 0 Å². The summed E-state index contributed by atoms with van der Waals surface area (Å²) in [5, 5.41) is 1.56. The second-order valence-electron chi connectivity index (χ2n) is 12.8. The van der Waals surface area contributed by atoms with Crippen molar-refractivity contribution in [2.45, 2.75) is 186 Å². The molecular formula is C38H63KO3S. The van der Waals surface area contributed by atoms with E-state index in [2.05, 4.69) is 19.9 Å². The summed E-state index contributed by atoms with van der Waals surface area (Å²) in [4.78, 5) is -0.0761. The van der Waals surface area contributed by atoms with E-state index in [1.165, 1.54) is 158 Å². The molecule has 0 heterocycles. The first-order valence-corrected chi connectivity index (χ1v) is 19.4. The largest absolute Gasteiger partial charge is 1.00 e. The Balaban J connectivity index is 0.00000924. The van der Waals surface area contributed by atoms with Crippen LogP contribution in [0.2, 0.25) is 0 Å². The van der Waals surface area contributed by atoms with Gasteiger partial charge in [0, 0.05) is 0 Å². The number of rotatable bonds is 27. The van der Waals surface area contributed by atoms with Crippen LogP contribution in [-0.4, -0.2) is 13.0 Å². The Kier molecular flexibility index (Phi) is 25.3. The SMILES string of the molecule is CCCCCCCCCCCCCCc1ccc2c(S(=O)(=O)[O-])ccc(CCCCCCCCCCCCCC)c2c1.[K+]. The Morgan fingerprint density at radius 3 is 1.30 bits per heavy atom. The molecule has 0 bridgehead atoms. The molecule has 0 aliphatic heterocycles. The molecule has 0 aromatic heterocycles. The molecular weight excluding hydrogens is 576 g/mol. The van der Waals surface area contributed by atoms with Crippen molar-refractivity contribution in [3.05, 3.63) is 41.5 Å². The third kappa shape index (κ3) is 18.9. The predicted molar refractivity (Wildman–Crippen MR) is 181 cm³/mol. The fourth-order valence-corrected chi connectivity index (χ4v) is 7.03. The van der Waals surface area contributed by atoms with Crippen molar-refractivity contribution < 1.29 is 64.4 Å². The van der Waals surface area contributed by atoms with Crippen LogP contribution in [0.4, 0.5) is 0 Å². The fourth-order valence-electron chi connectivity index (χ4n) is 6.35. The van der Waals surface area contributed by atoms with Crippen molar-refractivity contribution in [3.8, 4) is 0 Å². The van der Waals surface area contributed by atoms with E-state index in [-0.39, 0.29) is 56.3 Å². The van der Waals surface area contributed by atoms with E-state index in [0.29, 0.717) is 5.39 Å². The maximum atomic E-state index is 12.0. The third-order valence-electron chi connectivity index (χ3n) is 9.02. The summed E-state index contributed by atoms with van der Waals surface area (Å²) in [5.41, 5.74) is 2.44. The summed E-state index contributed by atoms with van der Waals surface area (Å²) < 4.78 is 35.9. The monoisotopic (exact) mass is 638 g/mol. The molecule has 0 spiro atoms. The van der Waals surface area contributed by atoms with Crippen molar-refractivity contribution >= 4 is 20.9 Å². The maximum absolute atomic E-state index is 12.0. The molecule has 5 heteroatoms. The number of benzene rings is 2. The van der Waals surface area contributed by atoms with E-state index in [0.717, 1.165) is 31.1 Å². The second kappa shape index (κ2) is 26.3. The van der Waals surface area contributed by atoms with Crippen LogP contribution in [0.25, 0.3) is 10.8 Å². The van der Waals surface area contributed by atoms with Gasteiger partial charge in [-0.3, -0.25) is 0 Å². The van der Waals surface area contributed by atoms with Crippen LogP contribution < -0.4 is 51.4 Å². The Hall–Kier alpha value is 0.246. The van der Waals surface area contributed by atoms with Gasteiger partial charge < -0.3 is 4.55 Å². The quantitative estimate of drug-likeness (QED) is 0.0557. The van der Waals surface area contributed by atoms with Gasteiger partial charge in [0.2, 0.25) is 0 Å². The van der Waals surface area contributed by atoms with E-state index < -0.39 is 10.1 Å². The molecule has 2 rings (SSSR count). The van der Waals surface area contributed by atoms with Gasteiger partial charge in [-0.25, -0.2) is 8.42 Å². The third-order valence-corrected chi connectivity index (χ3v) is 9.91. The first-order chi connectivity index (χ1) is 20.5. The Morgan fingerprint density at radius 2 is 0.884 bits per heavy atom. The molecule has 0 saturated heterocycles. The molecule has 0 unspecified atom stereocenters. The molecule has 0 saturated carbocycles. The van der Waals surface area contributed by atoms with Gasteiger partial charge >= 0.3 is 51.4 Å². The van der Waals surface area contributed by atoms with Crippen LogP contribution in [0.1, 0.15) is 179 Å². The fraction of sp³-hybridized carbons (Fsp3) is 0.737. The molecule has 3 nitrogen and oxygen atoms in total. The van der Waals surface area contributed by atoms with Crippen molar-refractivity contribution in [1.29, 1.82) is 0 Å². The van der Waals surface area contributed by atoms with Gasteiger partial charge in [-0.05, 0) is 53.6 Å².